The lowest BCUT2D eigenvalue weighted by atomic mass is 10.3. The van der Waals surface area contributed by atoms with Crippen LogP contribution in [0.1, 0.15) is 11.4 Å². The van der Waals surface area contributed by atoms with Crippen LogP contribution in [0, 0.1) is 6.92 Å². The Bertz CT molecular complexity index is 231. The first-order valence-corrected chi connectivity index (χ1v) is 3.76. The first-order valence-electron chi connectivity index (χ1n) is 3.76. The standard InChI is InChI=1S/C9H14N2/c1-8-5-4-6-9(10-8)7-11(2)3/h4-6H,7H2,1-3H3. The summed E-state index contributed by atoms with van der Waals surface area (Å²) in [6, 6.07) is 6.10. The van der Waals surface area contributed by atoms with Crippen molar-refractivity contribution in [3.63, 3.8) is 0 Å². The second kappa shape index (κ2) is 3.49. The van der Waals surface area contributed by atoms with Gasteiger partial charge in [-0.2, -0.15) is 0 Å². The van der Waals surface area contributed by atoms with Crippen molar-refractivity contribution in [2.45, 2.75) is 13.5 Å². The summed E-state index contributed by atoms with van der Waals surface area (Å²) in [6.07, 6.45) is 0. The molecule has 0 aliphatic rings. The third-order valence-electron chi connectivity index (χ3n) is 1.42. The topological polar surface area (TPSA) is 16.1 Å². The van der Waals surface area contributed by atoms with Gasteiger partial charge >= 0.3 is 0 Å². The van der Waals surface area contributed by atoms with Gasteiger partial charge in [-0.1, -0.05) is 6.07 Å². The Kier molecular flexibility index (Phi) is 2.60. The van der Waals surface area contributed by atoms with Crippen molar-refractivity contribution in [3.05, 3.63) is 29.6 Å². The van der Waals surface area contributed by atoms with E-state index < -0.39 is 0 Å². The Labute approximate surface area is 67.9 Å². The Morgan fingerprint density at radius 2 is 2.09 bits per heavy atom. The van der Waals surface area contributed by atoms with Crippen molar-refractivity contribution in [2.75, 3.05) is 14.1 Å². The Morgan fingerprint density at radius 3 is 2.64 bits per heavy atom. The second-order valence-corrected chi connectivity index (χ2v) is 3.01. The molecule has 1 aromatic heterocycles. The van der Waals surface area contributed by atoms with Gasteiger partial charge in [0.2, 0.25) is 0 Å². The van der Waals surface area contributed by atoms with Gasteiger partial charge in [0.25, 0.3) is 0 Å². The lowest BCUT2D eigenvalue weighted by Gasteiger charge is -2.08. The summed E-state index contributed by atoms with van der Waals surface area (Å²) >= 11 is 0. The molecule has 2 heteroatoms. The van der Waals surface area contributed by atoms with Gasteiger partial charge in [-0.15, -0.1) is 0 Å². The molecule has 0 fully saturated rings. The van der Waals surface area contributed by atoms with E-state index in [1.54, 1.807) is 0 Å². The van der Waals surface area contributed by atoms with Crippen molar-refractivity contribution in [1.29, 1.82) is 0 Å². The van der Waals surface area contributed by atoms with Crippen LogP contribution in [0.3, 0.4) is 0 Å². The Morgan fingerprint density at radius 1 is 1.36 bits per heavy atom. The van der Waals surface area contributed by atoms with Gasteiger partial charge in [-0.3, -0.25) is 4.98 Å². The molecule has 60 valence electrons. The van der Waals surface area contributed by atoms with E-state index in [1.807, 2.05) is 39.2 Å². The maximum atomic E-state index is 4.37. The molecule has 0 bridgehead atoms. The summed E-state index contributed by atoms with van der Waals surface area (Å²) in [5, 5.41) is 0. The van der Waals surface area contributed by atoms with Gasteiger partial charge in [0, 0.05) is 12.2 Å². The number of aromatic nitrogens is 1. The number of aryl methyl sites for hydroxylation is 1. The highest BCUT2D eigenvalue weighted by Crippen LogP contribution is 1.99. The van der Waals surface area contributed by atoms with E-state index in [2.05, 4.69) is 9.88 Å². The third kappa shape index (κ3) is 2.68. The zero-order valence-corrected chi connectivity index (χ0v) is 7.33. The van der Waals surface area contributed by atoms with Gasteiger partial charge in [-0.05, 0) is 33.2 Å². The predicted octanol–water partition coefficient (Wildman–Crippen LogP) is 1.45. The molecule has 1 heterocycles. The molecule has 0 unspecified atom stereocenters. The number of hydrogen-bond donors (Lipinski definition) is 0. The summed E-state index contributed by atoms with van der Waals surface area (Å²) in [5.74, 6) is 0. The molecule has 0 spiro atoms. The molecule has 0 aliphatic carbocycles. The van der Waals surface area contributed by atoms with E-state index in [0.717, 1.165) is 17.9 Å². The maximum Gasteiger partial charge on any atom is 0.0546 e. The van der Waals surface area contributed by atoms with Crippen molar-refractivity contribution in [2.24, 2.45) is 0 Å². The molecule has 0 saturated carbocycles. The monoisotopic (exact) mass is 150 g/mol. The smallest absolute Gasteiger partial charge is 0.0546 e. The van der Waals surface area contributed by atoms with Crippen LogP contribution < -0.4 is 0 Å². The van der Waals surface area contributed by atoms with Gasteiger partial charge in [0.1, 0.15) is 0 Å². The number of nitrogens with zero attached hydrogens (tertiary/aromatic N) is 2. The zero-order valence-electron chi connectivity index (χ0n) is 7.33. The first-order chi connectivity index (χ1) is 5.18. The van der Waals surface area contributed by atoms with E-state index in [1.165, 1.54) is 0 Å². The average Bonchev–Trinajstić information content (AvgIpc) is 1.85. The molecule has 0 saturated heterocycles. The fraction of sp³-hybridized carbons (Fsp3) is 0.444. The lowest BCUT2D eigenvalue weighted by Crippen LogP contribution is -2.11. The molecular weight excluding hydrogens is 136 g/mol. The van der Waals surface area contributed by atoms with E-state index >= 15 is 0 Å². The van der Waals surface area contributed by atoms with Gasteiger partial charge < -0.3 is 4.90 Å². The summed E-state index contributed by atoms with van der Waals surface area (Å²) in [4.78, 5) is 6.48. The van der Waals surface area contributed by atoms with Crippen LogP contribution in [-0.2, 0) is 6.54 Å². The van der Waals surface area contributed by atoms with Crippen LogP contribution in [0.2, 0.25) is 0 Å². The quantitative estimate of drug-likeness (QED) is 0.634. The number of hydrogen-bond acceptors (Lipinski definition) is 2. The zero-order chi connectivity index (χ0) is 8.27. The molecule has 0 radical (unpaired) electrons. The van der Waals surface area contributed by atoms with Crippen molar-refractivity contribution in [1.82, 2.24) is 9.88 Å². The van der Waals surface area contributed by atoms with Crippen LogP contribution in [0.25, 0.3) is 0 Å². The molecule has 0 amide bonds. The molecule has 1 aromatic rings. The highest BCUT2D eigenvalue weighted by atomic mass is 15.1. The Hall–Kier alpha value is -0.890. The predicted molar refractivity (Wildman–Crippen MR) is 46.4 cm³/mol. The molecular formula is C9H14N2. The van der Waals surface area contributed by atoms with Crippen LogP contribution >= 0.6 is 0 Å². The van der Waals surface area contributed by atoms with E-state index in [-0.39, 0.29) is 0 Å². The fourth-order valence-corrected chi connectivity index (χ4v) is 1.01. The van der Waals surface area contributed by atoms with Crippen LogP contribution in [0.5, 0.6) is 0 Å². The second-order valence-electron chi connectivity index (χ2n) is 3.01. The minimum atomic E-state index is 0.918. The molecule has 0 aromatic carbocycles. The van der Waals surface area contributed by atoms with E-state index in [4.69, 9.17) is 0 Å². The molecule has 0 aliphatic heterocycles. The maximum absolute atomic E-state index is 4.37. The normalized spacial score (nSPS) is 10.5. The molecule has 1 rings (SSSR count). The largest absolute Gasteiger partial charge is 0.304 e. The van der Waals surface area contributed by atoms with Gasteiger partial charge in [-0.25, -0.2) is 0 Å². The van der Waals surface area contributed by atoms with Gasteiger partial charge in [0.15, 0.2) is 0 Å². The van der Waals surface area contributed by atoms with Crippen molar-refractivity contribution < 1.29 is 0 Å². The number of rotatable bonds is 2. The average molecular weight is 150 g/mol. The number of pyridine rings is 1. The SMILES string of the molecule is Cc1cccc(CN(C)C)n1. The van der Waals surface area contributed by atoms with E-state index in [9.17, 15) is 0 Å². The highest BCUT2D eigenvalue weighted by Gasteiger charge is 1.94. The minimum Gasteiger partial charge on any atom is -0.304 e. The molecule has 11 heavy (non-hydrogen) atoms. The van der Waals surface area contributed by atoms with Crippen molar-refractivity contribution in [3.8, 4) is 0 Å². The van der Waals surface area contributed by atoms with Crippen LogP contribution in [-0.4, -0.2) is 24.0 Å². The molecule has 0 atom stereocenters. The summed E-state index contributed by atoms with van der Waals surface area (Å²) in [7, 11) is 4.09. The molecule has 0 N–H and O–H groups in total. The van der Waals surface area contributed by atoms with Crippen LogP contribution in [0.15, 0.2) is 18.2 Å². The van der Waals surface area contributed by atoms with Crippen molar-refractivity contribution >= 4 is 0 Å². The lowest BCUT2D eigenvalue weighted by molar-refractivity contribution is 0.396. The summed E-state index contributed by atoms with van der Waals surface area (Å²) < 4.78 is 0. The van der Waals surface area contributed by atoms with E-state index in [0.29, 0.717) is 0 Å². The first kappa shape index (κ1) is 8.21. The Balaban J connectivity index is 2.71. The molecule has 2 nitrogen and oxygen atoms in total. The fourth-order valence-electron chi connectivity index (χ4n) is 1.01. The summed E-state index contributed by atoms with van der Waals surface area (Å²) in [5.41, 5.74) is 2.22. The van der Waals surface area contributed by atoms with Crippen LogP contribution in [0.4, 0.5) is 0 Å². The minimum absolute atomic E-state index is 0.918. The third-order valence-corrected chi connectivity index (χ3v) is 1.42. The highest BCUT2D eigenvalue weighted by molar-refractivity contribution is 5.09. The summed E-state index contributed by atoms with van der Waals surface area (Å²) in [6.45, 7) is 2.93. The van der Waals surface area contributed by atoms with Gasteiger partial charge in [0.05, 0.1) is 5.69 Å².